The van der Waals surface area contributed by atoms with Gasteiger partial charge in [0.15, 0.2) is 0 Å². The van der Waals surface area contributed by atoms with Crippen LogP contribution in [0.3, 0.4) is 0 Å². The van der Waals surface area contributed by atoms with Crippen molar-refractivity contribution in [1.82, 2.24) is 0 Å². The number of aliphatic imine (C=N–C) groups is 2. The van der Waals surface area contributed by atoms with E-state index in [9.17, 15) is 36.6 Å². The lowest BCUT2D eigenvalue weighted by molar-refractivity contribution is -0.138. The second kappa shape index (κ2) is 10.6. The summed E-state index contributed by atoms with van der Waals surface area (Å²) in [5.74, 6) is -0.652. The van der Waals surface area contributed by atoms with Gasteiger partial charge in [-0.1, -0.05) is 47.6 Å². The van der Waals surface area contributed by atoms with Crippen LogP contribution in [0.1, 0.15) is 74.9 Å². The maximum Gasteiger partial charge on any atom is 0.416 e. The van der Waals surface area contributed by atoms with Gasteiger partial charge in [-0.2, -0.15) is 26.3 Å². The fraction of sp³-hybridized carbons (Fsp3) is 0.333. The Balaban J connectivity index is 2.01. The lowest BCUT2D eigenvalue weighted by Crippen LogP contribution is -2.15. The second-order valence-corrected chi connectivity index (χ2v) is 11.5. The highest BCUT2D eigenvalue weighted by molar-refractivity contribution is 5.88. The molecular weight excluding hydrogens is 534 g/mol. The van der Waals surface area contributed by atoms with Gasteiger partial charge in [-0.15, -0.1) is 0 Å². The first kappa shape index (κ1) is 30.7. The Bertz CT molecular complexity index is 1350. The van der Waals surface area contributed by atoms with E-state index in [1.807, 2.05) is 0 Å². The number of hydrogen-bond acceptors (Lipinski definition) is 4. The van der Waals surface area contributed by atoms with Gasteiger partial charge in [-0.3, -0.25) is 9.98 Å². The molecule has 3 rings (SSSR count). The molecule has 214 valence electrons. The van der Waals surface area contributed by atoms with Gasteiger partial charge in [0.25, 0.3) is 0 Å². The van der Waals surface area contributed by atoms with Crippen LogP contribution in [-0.2, 0) is 23.2 Å². The average Bonchev–Trinajstić information content (AvgIpc) is 2.80. The Hall–Kier alpha value is -3.82. The Morgan fingerprint density at radius 1 is 0.575 bits per heavy atom. The van der Waals surface area contributed by atoms with Crippen molar-refractivity contribution in [1.29, 1.82) is 0 Å². The number of halogens is 6. The van der Waals surface area contributed by atoms with E-state index in [0.29, 0.717) is 0 Å². The van der Waals surface area contributed by atoms with Gasteiger partial charge in [-0.05, 0) is 53.3 Å². The smallest absolute Gasteiger partial charge is 0.416 e. The Kier molecular flexibility index (Phi) is 8.16. The number of rotatable bonds is 4. The minimum atomic E-state index is -4.63. The van der Waals surface area contributed by atoms with Crippen molar-refractivity contribution in [3.05, 3.63) is 81.9 Å². The summed E-state index contributed by atoms with van der Waals surface area (Å²) in [6.07, 6.45) is -7.05. The molecular formula is C30H30F6N2O2. The van der Waals surface area contributed by atoms with Crippen molar-refractivity contribution in [2.24, 2.45) is 9.98 Å². The first-order chi connectivity index (χ1) is 18.2. The summed E-state index contributed by atoms with van der Waals surface area (Å²) in [5.41, 5.74) is -2.89. The Morgan fingerprint density at radius 3 is 1.23 bits per heavy atom. The zero-order valence-electron chi connectivity index (χ0n) is 22.8. The van der Waals surface area contributed by atoms with E-state index in [2.05, 4.69) is 9.98 Å². The van der Waals surface area contributed by atoms with Crippen LogP contribution in [0.25, 0.3) is 0 Å². The number of benzene rings is 3. The number of hydrogen-bond donors (Lipinski definition) is 2. The molecule has 2 N–H and O–H groups in total. The van der Waals surface area contributed by atoms with Crippen LogP contribution in [0.2, 0.25) is 0 Å². The third-order valence-electron chi connectivity index (χ3n) is 6.08. The summed E-state index contributed by atoms with van der Waals surface area (Å²) in [4.78, 5) is 8.37. The number of alkyl halides is 6. The molecule has 0 aromatic heterocycles. The molecule has 10 heteroatoms. The molecule has 0 aliphatic carbocycles. The van der Waals surface area contributed by atoms with Crippen LogP contribution in [0.4, 0.5) is 37.7 Å². The second-order valence-electron chi connectivity index (χ2n) is 11.5. The minimum absolute atomic E-state index is 0.109. The number of phenolic OH excluding ortho intramolecular Hbond substituents is 2. The maximum absolute atomic E-state index is 13.5. The van der Waals surface area contributed by atoms with Crippen LogP contribution < -0.4 is 0 Å². The maximum atomic E-state index is 13.5. The van der Waals surface area contributed by atoms with Crippen LogP contribution in [0.15, 0.2) is 58.5 Å². The quantitative estimate of drug-likeness (QED) is 0.245. The zero-order valence-corrected chi connectivity index (χ0v) is 22.8. The number of nitrogens with zero attached hydrogens (tertiary/aromatic N) is 2. The van der Waals surface area contributed by atoms with Crippen molar-refractivity contribution in [3.8, 4) is 11.5 Å². The van der Waals surface area contributed by atoms with Crippen LogP contribution >= 0.6 is 0 Å². The summed E-state index contributed by atoms with van der Waals surface area (Å²) in [7, 11) is 0. The fourth-order valence-corrected chi connectivity index (χ4v) is 3.92. The van der Waals surface area contributed by atoms with Crippen molar-refractivity contribution in [2.45, 2.75) is 64.7 Å². The zero-order chi connectivity index (χ0) is 30.3. The van der Waals surface area contributed by atoms with Crippen molar-refractivity contribution in [2.75, 3.05) is 0 Å². The predicted octanol–water partition coefficient (Wildman–Crippen LogP) is 9.23. The molecule has 0 radical (unpaired) electrons. The Labute approximate surface area is 228 Å². The third-order valence-corrected chi connectivity index (χ3v) is 6.08. The molecule has 0 aliphatic rings. The molecule has 0 atom stereocenters. The molecule has 0 unspecified atom stereocenters. The minimum Gasteiger partial charge on any atom is -0.507 e. The largest absolute Gasteiger partial charge is 0.507 e. The van der Waals surface area contributed by atoms with Gasteiger partial charge in [0.2, 0.25) is 0 Å². The molecule has 0 fully saturated rings. The first-order valence-corrected chi connectivity index (χ1v) is 12.3. The molecule has 0 heterocycles. The van der Waals surface area contributed by atoms with Crippen molar-refractivity contribution in [3.63, 3.8) is 0 Å². The van der Waals surface area contributed by atoms with Gasteiger partial charge in [0, 0.05) is 34.7 Å². The van der Waals surface area contributed by atoms with E-state index in [1.54, 1.807) is 59.7 Å². The van der Waals surface area contributed by atoms with E-state index in [1.165, 1.54) is 6.07 Å². The molecule has 0 amide bonds. The van der Waals surface area contributed by atoms with E-state index in [-0.39, 0.29) is 45.1 Å². The summed E-state index contributed by atoms with van der Waals surface area (Å²) in [6.45, 7) is 10.1. The van der Waals surface area contributed by atoms with Gasteiger partial charge >= 0.3 is 12.4 Å². The van der Waals surface area contributed by atoms with Crippen LogP contribution in [0.5, 0.6) is 11.5 Å². The van der Waals surface area contributed by atoms with Gasteiger partial charge in [0.05, 0.1) is 22.5 Å². The highest BCUT2D eigenvalue weighted by atomic mass is 19.4. The highest BCUT2D eigenvalue weighted by Crippen LogP contribution is 2.40. The summed E-state index contributed by atoms with van der Waals surface area (Å²) in [6, 6.07) is 9.54. The third kappa shape index (κ3) is 7.22. The molecule has 0 saturated carbocycles. The molecule has 3 aromatic rings. The molecule has 0 spiro atoms. The highest BCUT2D eigenvalue weighted by Gasteiger charge is 2.35. The SMILES string of the molecule is CC(C)(C)c1cc(C(F)(F)F)cc(C=Nc2cccc(N=Cc3cc(C(F)(F)F)cc(C(C)(C)C)c3O)c2)c1O. The number of aromatic hydroxyl groups is 2. The van der Waals surface area contributed by atoms with E-state index >= 15 is 0 Å². The average molecular weight is 565 g/mol. The molecule has 0 saturated heterocycles. The molecule has 0 aliphatic heterocycles. The topological polar surface area (TPSA) is 65.2 Å². The summed E-state index contributed by atoms with van der Waals surface area (Å²) >= 11 is 0. The first-order valence-electron chi connectivity index (χ1n) is 12.3. The molecule has 3 aromatic carbocycles. The monoisotopic (exact) mass is 564 g/mol. The lowest BCUT2D eigenvalue weighted by Gasteiger charge is -2.23. The van der Waals surface area contributed by atoms with E-state index in [4.69, 9.17) is 0 Å². The lowest BCUT2D eigenvalue weighted by atomic mass is 9.84. The van der Waals surface area contributed by atoms with E-state index < -0.39 is 34.3 Å². The van der Waals surface area contributed by atoms with Gasteiger partial charge in [0.1, 0.15) is 11.5 Å². The van der Waals surface area contributed by atoms with Crippen LogP contribution in [0, 0.1) is 0 Å². The van der Waals surface area contributed by atoms with Crippen molar-refractivity contribution < 1.29 is 36.6 Å². The summed E-state index contributed by atoms with van der Waals surface area (Å²) in [5, 5.41) is 21.3. The molecule has 0 bridgehead atoms. The van der Waals surface area contributed by atoms with Crippen LogP contribution in [-0.4, -0.2) is 22.6 Å². The fourth-order valence-electron chi connectivity index (χ4n) is 3.92. The van der Waals surface area contributed by atoms with Gasteiger partial charge < -0.3 is 10.2 Å². The van der Waals surface area contributed by atoms with Crippen molar-refractivity contribution >= 4 is 23.8 Å². The normalized spacial score (nSPS) is 13.5. The Morgan fingerprint density at radius 2 is 0.925 bits per heavy atom. The number of phenols is 2. The predicted molar refractivity (Wildman–Crippen MR) is 145 cm³/mol. The molecule has 40 heavy (non-hydrogen) atoms. The standard InChI is InChI=1S/C30H30F6N2O2/c1-27(2,3)23-12-19(29(31,32)33)10-17(25(23)39)15-37-21-8-7-9-22(14-21)38-16-18-11-20(30(34,35)36)13-24(26(18)40)28(4,5)6/h7-16,39-40H,1-6H3. The molecule has 4 nitrogen and oxygen atoms in total. The summed E-state index contributed by atoms with van der Waals surface area (Å²) < 4.78 is 81.0. The van der Waals surface area contributed by atoms with E-state index in [0.717, 1.165) is 36.7 Å². The van der Waals surface area contributed by atoms with Gasteiger partial charge in [-0.25, -0.2) is 0 Å².